The normalized spacial score (nSPS) is 15.6. The maximum absolute atomic E-state index is 10.7. The highest BCUT2D eigenvalue weighted by Gasteiger charge is 2.44. The van der Waals surface area contributed by atoms with E-state index < -0.39 is 15.6 Å². The number of hydrogen-bond donors (Lipinski definition) is 1. The molecule has 1 rings (SSSR count). The fourth-order valence-electron chi connectivity index (χ4n) is 0.808. The summed E-state index contributed by atoms with van der Waals surface area (Å²) in [5.74, 6) is 0. The molecule has 5 nitrogen and oxygen atoms in total. The zero-order valence-corrected chi connectivity index (χ0v) is 9.87. The van der Waals surface area contributed by atoms with E-state index in [4.69, 9.17) is 13.0 Å². The third-order valence-corrected chi connectivity index (χ3v) is 2.33. The Hall–Kier alpha value is -1.22. The van der Waals surface area contributed by atoms with Gasteiger partial charge in [-0.2, -0.15) is 21.6 Å². The number of alkyl halides is 3. The van der Waals surface area contributed by atoms with Crippen LogP contribution in [0.2, 0.25) is 0 Å². The molecule has 0 aromatic carbocycles. The molecule has 17 heavy (non-hydrogen) atoms. The Bertz CT molecular complexity index is 378. The molecule has 1 N–H and O–H groups in total. The maximum atomic E-state index is 10.7. The van der Waals surface area contributed by atoms with E-state index in [1.54, 1.807) is 0 Å². The molecular formula is C8H13F3N2O3S. The summed E-state index contributed by atoms with van der Waals surface area (Å²) in [7, 11) is -5.84. The molecule has 0 aliphatic carbocycles. The van der Waals surface area contributed by atoms with Crippen molar-refractivity contribution in [1.29, 1.82) is 0 Å². The molecular weight excluding hydrogens is 261 g/mol. The van der Waals surface area contributed by atoms with Crippen molar-refractivity contribution in [3.8, 4) is 0 Å². The predicted molar refractivity (Wildman–Crippen MR) is 56.0 cm³/mol. The molecule has 0 aromatic rings. The third-order valence-electron chi connectivity index (χ3n) is 1.75. The second kappa shape index (κ2) is 5.92. The van der Waals surface area contributed by atoms with Crippen molar-refractivity contribution in [2.45, 2.75) is 12.4 Å². The van der Waals surface area contributed by atoms with E-state index in [2.05, 4.69) is 24.6 Å². The summed E-state index contributed by atoms with van der Waals surface area (Å²) in [6.45, 7) is 7.82. The minimum atomic E-state index is -5.84. The van der Waals surface area contributed by atoms with Crippen molar-refractivity contribution in [1.82, 2.24) is 9.80 Å². The van der Waals surface area contributed by atoms with Gasteiger partial charge in [-0.25, -0.2) is 0 Å². The van der Waals surface area contributed by atoms with Gasteiger partial charge in [0.25, 0.3) is 0 Å². The Morgan fingerprint density at radius 1 is 1.47 bits per heavy atom. The van der Waals surface area contributed by atoms with Gasteiger partial charge >= 0.3 is 15.6 Å². The number of hydrogen-bond acceptors (Lipinski definition) is 4. The average Bonchev–Trinajstić information content (AvgIpc) is 2.63. The number of rotatable bonds is 2. The minimum absolute atomic E-state index is 0.958. The quantitative estimate of drug-likeness (QED) is 0.612. The first-order chi connectivity index (χ1) is 7.61. The summed E-state index contributed by atoms with van der Waals surface area (Å²) in [5.41, 5.74) is -5.53. The highest BCUT2D eigenvalue weighted by Crippen LogP contribution is 2.20. The molecule has 0 saturated heterocycles. The molecule has 1 heterocycles. The largest absolute Gasteiger partial charge is 0.522 e. The van der Waals surface area contributed by atoms with Crippen LogP contribution in [0.5, 0.6) is 0 Å². The van der Waals surface area contributed by atoms with Crippen LogP contribution in [0, 0.1) is 0 Å². The SMILES string of the molecule is C=CN1C=CN(CC)C1.O=S(=O)(O)C(F)(F)F. The lowest BCUT2D eigenvalue weighted by Crippen LogP contribution is -2.21. The van der Waals surface area contributed by atoms with Gasteiger partial charge in [-0.05, 0) is 13.1 Å². The molecule has 0 unspecified atom stereocenters. The molecule has 0 spiro atoms. The predicted octanol–water partition coefficient (Wildman–Crippen LogP) is 1.59. The Morgan fingerprint density at radius 2 is 1.94 bits per heavy atom. The van der Waals surface area contributed by atoms with Crippen molar-refractivity contribution in [3.63, 3.8) is 0 Å². The lowest BCUT2D eigenvalue weighted by atomic mass is 10.6. The van der Waals surface area contributed by atoms with Gasteiger partial charge in [-0.1, -0.05) is 6.58 Å². The van der Waals surface area contributed by atoms with E-state index in [0.29, 0.717) is 0 Å². The van der Waals surface area contributed by atoms with Crippen LogP contribution in [-0.4, -0.2) is 41.5 Å². The molecule has 0 bridgehead atoms. The smallest absolute Gasteiger partial charge is 0.359 e. The minimum Gasteiger partial charge on any atom is -0.359 e. The van der Waals surface area contributed by atoms with Crippen molar-refractivity contribution in [2.24, 2.45) is 0 Å². The van der Waals surface area contributed by atoms with Crippen LogP contribution in [0.3, 0.4) is 0 Å². The summed E-state index contributed by atoms with van der Waals surface area (Å²) in [6, 6.07) is 0. The van der Waals surface area contributed by atoms with E-state index in [1.165, 1.54) is 0 Å². The van der Waals surface area contributed by atoms with E-state index >= 15 is 0 Å². The first-order valence-electron chi connectivity index (χ1n) is 4.46. The van der Waals surface area contributed by atoms with Crippen LogP contribution in [-0.2, 0) is 10.1 Å². The highest BCUT2D eigenvalue weighted by molar-refractivity contribution is 7.86. The van der Waals surface area contributed by atoms with Gasteiger partial charge in [0.05, 0.1) is 6.67 Å². The molecule has 0 aromatic heterocycles. The number of halogens is 3. The van der Waals surface area contributed by atoms with E-state index in [1.807, 2.05) is 17.3 Å². The van der Waals surface area contributed by atoms with Crippen molar-refractivity contribution < 1.29 is 26.1 Å². The first kappa shape index (κ1) is 15.8. The molecule has 0 radical (unpaired) electrons. The molecule has 0 fully saturated rings. The second-order valence-electron chi connectivity index (χ2n) is 2.96. The molecule has 1 aliphatic rings. The van der Waals surface area contributed by atoms with Crippen molar-refractivity contribution >= 4 is 10.1 Å². The fourth-order valence-corrected chi connectivity index (χ4v) is 0.808. The van der Waals surface area contributed by atoms with Crippen LogP contribution >= 0.6 is 0 Å². The van der Waals surface area contributed by atoms with Gasteiger partial charge in [0.1, 0.15) is 0 Å². The molecule has 0 amide bonds. The molecule has 100 valence electrons. The summed E-state index contributed by atoms with van der Waals surface area (Å²) >= 11 is 0. The standard InChI is InChI=1S/C7H12N2.CHF3O3S/c1-3-8-5-6-9(4-2)7-8;2-1(3,4)8(5,6)7/h3,5-6H,1,4,7H2,2H3;(H,5,6,7). The summed E-state index contributed by atoms with van der Waals surface area (Å²) in [6.07, 6.45) is 5.92. The van der Waals surface area contributed by atoms with Gasteiger partial charge in [0.2, 0.25) is 0 Å². The molecule has 1 aliphatic heterocycles. The van der Waals surface area contributed by atoms with Crippen LogP contribution in [0.4, 0.5) is 13.2 Å². The molecule has 0 saturated carbocycles. The summed E-state index contributed by atoms with van der Waals surface area (Å²) in [4.78, 5) is 4.26. The van der Waals surface area contributed by atoms with Crippen molar-refractivity contribution in [3.05, 3.63) is 25.2 Å². The Balaban J connectivity index is 0.000000304. The van der Waals surface area contributed by atoms with E-state index in [0.717, 1.165) is 13.2 Å². The molecule has 9 heteroatoms. The van der Waals surface area contributed by atoms with Crippen LogP contribution in [0.25, 0.3) is 0 Å². The number of nitrogens with zero attached hydrogens (tertiary/aromatic N) is 2. The zero-order chi connectivity index (χ0) is 13.7. The van der Waals surface area contributed by atoms with Gasteiger partial charge in [0.15, 0.2) is 0 Å². The third kappa shape index (κ3) is 5.59. The highest BCUT2D eigenvalue weighted by atomic mass is 32.2. The molecule has 0 atom stereocenters. The lowest BCUT2D eigenvalue weighted by molar-refractivity contribution is -0.0510. The van der Waals surface area contributed by atoms with Gasteiger partial charge in [-0.3, -0.25) is 4.55 Å². The first-order valence-corrected chi connectivity index (χ1v) is 5.90. The maximum Gasteiger partial charge on any atom is 0.522 e. The van der Waals surface area contributed by atoms with Crippen LogP contribution < -0.4 is 0 Å². The Morgan fingerprint density at radius 3 is 2.12 bits per heavy atom. The van der Waals surface area contributed by atoms with Gasteiger partial charge in [-0.15, -0.1) is 0 Å². The van der Waals surface area contributed by atoms with Crippen LogP contribution in [0.1, 0.15) is 6.92 Å². The zero-order valence-electron chi connectivity index (χ0n) is 9.05. The monoisotopic (exact) mass is 274 g/mol. The Kier molecular flexibility index (Phi) is 5.49. The topological polar surface area (TPSA) is 60.9 Å². The average molecular weight is 274 g/mol. The lowest BCUT2D eigenvalue weighted by Gasteiger charge is -2.15. The van der Waals surface area contributed by atoms with E-state index in [-0.39, 0.29) is 0 Å². The van der Waals surface area contributed by atoms with Gasteiger partial charge < -0.3 is 9.80 Å². The summed E-state index contributed by atoms with van der Waals surface area (Å²) in [5, 5.41) is 0. The van der Waals surface area contributed by atoms with Crippen molar-refractivity contribution in [2.75, 3.05) is 13.2 Å². The van der Waals surface area contributed by atoms with Gasteiger partial charge in [0, 0.05) is 18.9 Å². The Labute approximate surface area is 97.6 Å². The fraction of sp³-hybridized carbons (Fsp3) is 0.500. The van der Waals surface area contributed by atoms with Crippen LogP contribution in [0.15, 0.2) is 25.2 Å². The second-order valence-corrected chi connectivity index (χ2v) is 4.38. The summed E-state index contributed by atoms with van der Waals surface area (Å²) < 4.78 is 57.5. The van der Waals surface area contributed by atoms with E-state index in [9.17, 15) is 13.2 Å².